The highest BCUT2D eigenvalue weighted by molar-refractivity contribution is 7.12. The van der Waals surface area contributed by atoms with E-state index in [1.54, 1.807) is 0 Å². The molecule has 0 radical (unpaired) electrons. The number of aliphatic hydroxyl groups is 2. The van der Waals surface area contributed by atoms with Gasteiger partial charge < -0.3 is 19.7 Å². The van der Waals surface area contributed by atoms with Crippen molar-refractivity contribution in [2.45, 2.75) is 89.6 Å². The number of hydrogen-bond acceptors (Lipinski definition) is 9. The summed E-state index contributed by atoms with van der Waals surface area (Å²) in [7, 11) is 0. The van der Waals surface area contributed by atoms with Crippen LogP contribution in [0, 0.1) is 45.8 Å². The van der Waals surface area contributed by atoms with Crippen LogP contribution in [0.5, 0.6) is 0 Å². The van der Waals surface area contributed by atoms with Gasteiger partial charge in [0.25, 0.3) is 0 Å². The molecule has 7 aliphatic rings. The molecule has 3 heterocycles. The van der Waals surface area contributed by atoms with E-state index in [4.69, 9.17) is 9.47 Å². The summed E-state index contributed by atoms with van der Waals surface area (Å²) in [4.78, 5) is 55.2. The first kappa shape index (κ1) is 28.6. The Kier molecular flexibility index (Phi) is 6.39. The first-order valence-electron chi connectivity index (χ1n) is 15.5. The van der Waals surface area contributed by atoms with E-state index in [2.05, 4.69) is 6.58 Å². The van der Waals surface area contributed by atoms with Crippen LogP contribution in [0.25, 0.3) is 0 Å². The van der Waals surface area contributed by atoms with Crippen molar-refractivity contribution in [2.24, 2.45) is 45.8 Å². The van der Waals surface area contributed by atoms with Gasteiger partial charge in [-0.2, -0.15) is 0 Å². The number of carbonyl (C=O) groups is 4. The number of hydrogen-bond donors (Lipinski definition) is 2. The second-order valence-corrected chi connectivity index (χ2v) is 15.4. The van der Waals surface area contributed by atoms with E-state index in [0.717, 1.165) is 17.7 Å². The maximum atomic E-state index is 14.2. The summed E-state index contributed by atoms with van der Waals surface area (Å²) in [6.07, 6.45) is 2.41. The first-order valence-corrected chi connectivity index (χ1v) is 16.4. The lowest BCUT2D eigenvalue weighted by Gasteiger charge is -2.73. The molecule has 9 heteroatoms. The van der Waals surface area contributed by atoms with Crippen molar-refractivity contribution in [3.8, 4) is 0 Å². The van der Waals surface area contributed by atoms with Crippen LogP contribution >= 0.6 is 11.3 Å². The smallest absolute Gasteiger partial charge is 0.309 e. The number of esters is 1. The number of carbonyl (C=O) groups excluding carboxylic acids is 4. The Morgan fingerprint density at radius 1 is 1.14 bits per heavy atom. The van der Waals surface area contributed by atoms with Gasteiger partial charge in [-0.1, -0.05) is 26.5 Å². The van der Waals surface area contributed by atoms with Gasteiger partial charge >= 0.3 is 5.97 Å². The normalized spacial score (nSPS) is 45.3. The first-order chi connectivity index (χ1) is 19.9. The third kappa shape index (κ3) is 3.45. The fraction of sp³-hybridized carbons (Fsp3) is 0.697. The average Bonchev–Trinajstić information content (AvgIpc) is 3.54. The van der Waals surface area contributed by atoms with Gasteiger partial charge in [-0.15, -0.1) is 11.3 Å². The van der Waals surface area contributed by atoms with Crippen LogP contribution in [0.4, 0.5) is 0 Å². The third-order valence-corrected chi connectivity index (χ3v) is 13.2. The van der Waals surface area contributed by atoms with Crippen molar-refractivity contribution < 1.29 is 38.9 Å². The van der Waals surface area contributed by atoms with Crippen LogP contribution in [-0.2, 0) is 23.9 Å². The molecule has 42 heavy (non-hydrogen) atoms. The second kappa shape index (κ2) is 9.40. The standard InChI is InChI=1S/C33H40O8S/c1-17-20-10-11-23-31-16-40-33(39,27(37)25(31)30(2,3)13-12-24(31)35)32(23,26(17)36)28(20)41-29(38)19-8-6-18(7-9-19)15-21(34)22-5-4-14-42-22/h4-5,14,18-20,23,25,27-28,37,39H,1,6-13,15-16H2,2-3H3/t18?,19?,20-,23-,25+,27-,28+,31+,32-,33-/m0/s1. The van der Waals surface area contributed by atoms with Crippen molar-refractivity contribution in [1.29, 1.82) is 0 Å². The molecule has 0 aromatic carbocycles. The Hall–Kier alpha value is -2.20. The highest BCUT2D eigenvalue weighted by Crippen LogP contribution is 2.76. The van der Waals surface area contributed by atoms with Gasteiger partial charge in [0, 0.05) is 24.7 Å². The molecule has 8 atom stereocenters. The lowest BCUT2D eigenvalue weighted by molar-refractivity contribution is -0.437. The number of ketones is 3. The van der Waals surface area contributed by atoms with E-state index in [9.17, 15) is 29.4 Å². The summed E-state index contributed by atoms with van der Waals surface area (Å²) in [6, 6.07) is 3.71. The molecule has 8 nitrogen and oxygen atoms in total. The van der Waals surface area contributed by atoms with Crippen molar-refractivity contribution >= 4 is 34.7 Å². The molecule has 2 N–H and O–H groups in total. The van der Waals surface area contributed by atoms with Crippen molar-refractivity contribution in [1.82, 2.24) is 0 Å². The number of Topliss-reactive ketones (excluding diaryl/α,β-unsaturated/α-hetero) is 3. The molecule has 2 spiro atoms. The number of ether oxygens (including phenoxy) is 2. The average molecular weight is 597 g/mol. The minimum atomic E-state index is -2.29. The van der Waals surface area contributed by atoms with Gasteiger partial charge in [0.1, 0.15) is 23.4 Å². The molecule has 8 rings (SSSR count). The van der Waals surface area contributed by atoms with E-state index in [1.165, 1.54) is 11.3 Å². The van der Waals surface area contributed by atoms with Crippen molar-refractivity contribution in [3.63, 3.8) is 0 Å². The summed E-state index contributed by atoms with van der Waals surface area (Å²) < 4.78 is 12.3. The van der Waals surface area contributed by atoms with Crippen LogP contribution in [-0.4, -0.2) is 58.1 Å². The van der Waals surface area contributed by atoms with Crippen LogP contribution in [0.2, 0.25) is 0 Å². The molecule has 0 amide bonds. The fourth-order valence-corrected chi connectivity index (χ4v) is 11.1. The molecule has 1 aromatic heterocycles. The van der Waals surface area contributed by atoms with Crippen molar-refractivity contribution in [2.75, 3.05) is 6.61 Å². The topological polar surface area (TPSA) is 127 Å². The molecule has 7 fully saturated rings. The molecule has 2 aliphatic heterocycles. The molecule has 226 valence electrons. The van der Waals surface area contributed by atoms with Crippen LogP contribution < -0.4 is 0 Å². The summed E-state index contributed by atoms with van der Waals surface area (Å²) in [6.45, 7) is 8.04. The zero-order chi connectivity index (χ0) is 29.8. The molecule has 0 unspecified atom stereocenters. The predicted octanol–water partition coefficient (Wildman–Crippen LogP) is 4.28. The molecule has 1 aromatic rings. The number of rotatable bonds is 5. The van der Waals surface area contributed by atoms with Crippen LogP contribution in [0.3, 0.4) is 0 Å². The predicted molar refractivity (Wildman–Crippen MR) is 152 cm³/mol. The third-order valence-electron chi connectivity index (χ3n) is 12.3. The quantitative estimate of drug-likeness (QED) is 0.293. The van der Waals surface area contributed by atoms with Gasteiger partial charge in [0.05, 0.1) is 22.8 Å². The zero-order valence-electron chi connectivity index (χ0n) is 24.3. The number of aliphatic hydroxyl groups excluding tert-OH is 1. The molecule has 5 aliphatic carbocycles. The van der Waals surface area contributed by atoms with E-state index < -0.39 is 63.7 Å². The summed E-state index contributed by atoms with van der Waals surface area (Å²) in [5.74, 6) is -4.97. The van der Waals surface area contributed by atoms with Gasteiger partial charge in [0.15, 0.2) is 11.6 Å². The van der Waals surface area contributed by atoms with E-state index >= 15 is 0 Å². The minimum Gasteiger partial charge on any atom is -0.460 e. The monoisotopic (exact) mass is 596 g/mol. The molecular formula is C33H40O8S. The maximum Gasteiger partial charge on any atom is 0.309 e. The largest absolute Gasteiger partial charge is 0.460 e. The Morgan fingerprint density at radius 2 is 1.88 bits per heavy atom. The van der Waals surface area contributed by atoms with Crippen LogP contribution in [0.15, 0.2) is 29.7 Å². The lowest BCUT2D eigenvalue weighted by Crippen LogP contribution is -2.85. The Labute approximate surface area is 249 Å². The molecule has 4 bridgehead atoms. The number of fused-ring (bicyclic) bond motifs is 2. The lowest BCUT2D eigenvalue weighted by atomic mass is 9.36. The summed E-state index contributed by atoms with van der Waals surface area (Å²) in [5.41, 5.74) is -3.10. The van der Waals surface area contributed by atoms with E-state index in [1.807, 2.05) is 31.4 Å². The van der Waals surface area contributed by atoms with Gasteiger partial charge in [-0.25, -0.2) is 0 Å². The van der Waals surface area contributed by atoms with Gasteiger partial charge in [-0.05, 0) is 79.2 Å². The van der Waals surface area contributed by atoms with Gasteiger partial charge in [0.2, 0.25) is 5.79 Å². The highest BCUT2D eigenvalue weighted by atomic mass is 32.1. The minimum absolute atomic E-state index is 0.0405. The Morgan fingerprint density at radius 3 is 2.57 bits per heavy atom. The molecular weight excluding hydrogens is 556 g/mol. The fourth-order valence-electron chi connectivity index (χ4n) is 10.4. The zero-order valence-corrected chi connectivity index (χ0v) is 25.1. The number of thiophene rings is 1. The van der Waals surface area contributed by atoms with Gasteiger partial charge in [-0.3, -0.25) is 19.2 Å². The van der Waals surface area contributed by atoms with E-state index in [0.29, 0.717) is 44.9 Å². The Balaban J connectivity index is 1.17. The Bertz CT molecular complexity index is 1360. The SMILES string of the molecule is C=C1C(=O)[C@]23[C@H](OC(=O)C4CCC(CC(=O)c5cccs5)CC4)[C@H]1CC[C@H]2[C@@]12CO[C@@]3(O)[C@@H](O)[C@@H]1C(C)(C)CCC2=O. The molecule has 2 saturated heterocycles. The summed E-state index contributed by atoms with van der Waals surface area (Å²) in [5, 5.41) is 26.1. The summed E-state index contributed by atoms with van der Waals surface area (Å²) >= 11 is 1.44. The van der Waals surface area contributed by atoms with Crippen molar-refractivity contribution in [3.05, 3.63) is 34.5 Å². The maximum absolute atomic E-state index is 14.2. The van der Waals surface area contributed by atoms with Crippen LogP contribution in [0.1, 0.15) is 81.3 Å². The van der Waals surface area contributed by atoms with E-state index in [-0.39, 0.29) is 35.6 Å². The molecule has 5 saturated carbocycles. The highest BCUT2D eigenvalue weighted by Gasteiger charge is 2.88. The second-order valence-electron chi connectivity index (χ2n) is 14.5.